The van der Waals surface area contributed by atoms with E-state index in [2.05, 4.69) is 54.4 Å². The van der Waals surface area contributed by atoms with Crippen LogP contribution in [0, 0.1) is 20.4 Å². The molecule has 0 saturated carbocycles. The zero-order valence-electron chi connectivity index (χ0n) is 16.4. The molecule has 0 spiro atoms. The van der Waals surface area contributed by atoms with Crippen molar-refractivity contribution in [3.63, 3.8) is 0 Å². The smallest absolute Gasteiger partial charge is 0.232 e. The molecule has 0 amide bonds. The average Bonchev–Trinajstić information content (AvgIpc) is 3.00. The predicted octanol–water partition coefficient (Wildman–Crippen LogP) is 6.37. The normalized spacial score (nSPS) is 11.4. The van der Waals surface area contributed by atoms with Crippen molar-refractivity contribution in [3.05, 3.63) is 70.7 Å². The Hall–Kier alpha value is -3.12. The van der Waals surface area contributed by atoms with Gasteiger partial charge < -0.3 is 4.42 Å². The number of hydrogen-bond acceptors (Lipinski definition) is 1. The van der Waals surface area contributed by atoms with E-state index >= 15 is 0 Å². The van der Waals surface area contributed by atoms with Gasteiger partial charge in [-0.15, -0.1) is 0 Å². The maximum absolute atomic E-state index is 7.73. The van der Waals surface area contributed by atoms with Crippen molar-refractivity contribution in [1.29, 1.82) is 0 Å². The van der Waals surface area contributed by atoms with E-state index in [1.165, 1.54) is 5.56 Å². The summed E-state index contributed by atoms with van der Waals surface area (Å²) in [7, 11) is 2.04. The number of furan rings is 1. The molecular formula is C24H23N2O+. The van der Waals surface area contributed by atoms with E-state index in [-0.39, 0.29) is 0 Å². The molecule has 0 unspecified atom stereocenters. The summed E-state index contributed by atoms with van der Waals surface area (Å²) >= 11 is 0. The average molecular weight is 355 g/mol. The Balaban J connectivity index is 2.19. The first-order chi connectivity index (χ1) is 12.9. The summed E-state index contributed by atoms with van der Waals surface area (Å²) in [5, 5.41) is 2.10. The van der Waals surface area contributed by atoms with Gasteiger partial charge in [0.15, 0.2) is 6.20 Å². The number of hydrogen-bond donors (Lipinski definition) is 0. The number of rotatable bonds is 2. The van der Waals surface area contributed by atoms with E-state index in [1.807, 2.05) is 32.3 Å². The molecule has 2 aromatic heterocycles. The molecule has 134 valence electrons. The van der Waals surface area contributed by atoms with E-state index in [0.29, 0.717) is 17.2 Å². The van der Waals surface area contributed by atoms with Crippen molar-refractivity contribution in [1.82, 2.24) is 0 Å². The van der Waals surface area contributed by atoms with Gasteiger partial charge in [-0.25, -0.2) is 9.41 Å². The van der Waals surface area contributed by atoms with Gasteiger partial charge in [-0.1, -0.05) is 31.5 Å². The van der Waals surface area contributed by atoms with Crippen molar-refractivity contribution in [2.45, 2.75) is 33.6 Å². The molecule has 0 fully saturated rings. The van der Waals surface area contributed by atoms with Crippen LogP contribution in [0.15, 0.2) is 47.0 Å². The van der Waals surface area contributed by atoms with E-state index in [1.54, 1.807) is 0 Å². The molecule has 27 heavy (non-hydrogen) atoms. The van der Waals surface area contributed by atoms with Crippen LogP contribution in [-0.4, -0.2) is 0 Å². The molecule has 4 aromatic rings. The lowest BCUT2D eigenvalue weighted by Crippen LogP contribution is -2.30. The third-order valence-corrected chi connectivity index (χ3v) is 5.45. The van der Waals surface area contributed by atoms with Crippen molar-refractivity contribution < 1.29 is 8.98 Å². The van der Waals surface area contributed by atoms with Gasteiger partial charge in [0.05, 0.1) is 12.1 Å². The second-order valence-electron chi connectivity index (χ2n) is 7.52. The number of benzene rings is 2. The summed E-state index contributed by atoms with van der Waals surface area (Å²) in [6.45, 7) is 16.2. The summed E-state index contributed by atoms with van der Waals surface area (Å²) in [6.07, 6.45) is 2.04. The number of pyridine rings is 1. The van der Waals surface area contributed by atoms with Crippen molar-refractivity contribution in [3.8, 4) is 11.3 Å². The van der Waals surface area contributed by atoms with Gasteiger partial charge in [0, 0.05) is 22.9 Å². The molecule has 0 saturated heterocycles. The number of aryl methyl sites for hydroxylation is 2. The highest BCUT2D eigenvalue weighted by Gasteiger charge is 2.23. The Bertz CT molecular complexity index is 1240. The molecule has 2 heterocycles. The van der Waals surface area contributed by atoms with E-state index < -0.39 is 0 Å². The lowest BCUT2D eigenvalue weighted by molar-refractivity contribution is -0.660. The third-order valence-electron chi connectivity index (χ3n) is 5.45. The fraction of sp³-hybridized carbons (Fsp3) is 0.250. The van der Waals surface area contributed by atoms with Crippen molar-refractivity contribution in [2.75, 3.05) is 0 Å². The summed E-state index contributed by atoms with van der Waals surface area (Å²) in [4.78, 5) is 3.83. The molecule has 2 aromatic carbocycles. The molecular weight excluding hydrogens is 332 g/mol. The van der Waals surface area contributed by atoms with Crippen LogP contribution in [0.4, 0.5) is 5.69 Å². The topological polar surface area (TPSA) is 21.4 Å². The maximum Gasteiger partial charge on any atom is 0.232 e. The Kier molecular flexibility index (Phi) is 4.00. The SMILES string of the molecule is [C-]#[N+]c1c(C)c(C(C)C)cc2c1oc1c(-c3cccc[n+]3C)c(C)ccc12. The van der Waals surface area contributed by atoms with Crippen molar-refractivity contribution >= 4 is 27.6 Å². The zero-order valence-corrected chi connectivity index (χ0v) is 16.4. The number of nitrogens with zero attached hydrogens (tertiary/aromatic N) is 2. The Morgan fingerprint density at radius 2 is 1.81 bits per heavy atom. The molecule has 0 bridgehead atoms. The fourth-order valence-electron chi connectivity index (χ4n) is 4.00. The van der Waals surface area contributed by atoms with Gasteiger partial charge in [-0.3, -0.25) is 0 Å². The Morgan fingerprint density at radius 3 is 2.48 bits per heavy atom. The fourth-order valence-corrected chi connectivity index (χ4v) is 4.00. The highest BCUT2D eigenvalue weighted by molar-refractivity contribution is 6.13. The molecule has 0 aliphatic heterocycles. The molecule has 3 heteroatoms. The van der Waals surface area contributed by atoms with Crippen LogP contribution in [0.2, 0.25) is 0 Å². The summed E-state index contributed by atoms with van der Waals surface area (Å²) < 4.78 is 8.49. The van der Waals surface area contributed by atoms with Gasteiger partial charge in [0.1, 0.15) is 18.2 Å². The second kappa shape index (κ2) is 6.25. The highest BCUT2D eigenvalue weighted by atomic mass is 16.3. The maximum atomic E-state index is 7.73. The largest absolute Gasteiger partial charge is 0.466 e. The van der Waals surface area contributed by atoms with E-state index in [0.717, 1.165) is 38.7 Å². The predicted molar refractivity (Wildman–Crippen MR) is 110 cm³/mol. The van der Waals surface area contributed by atoms with Gasteiger partial charge in [0.2, 0.25) is 11.4 Å². The minimum absolute atomic E-state index is 0.358. The van der Waals surface area contributed by atoms with Gasteiger partial charge >= 0.3 is 0 Å². The lowest BCUT2D eigenvalue weighted by Gasteiger charge is -2.11. The van der Waals surface area contributed by atoms with Crippen LogP contribution < -0.4 is 4.57 Å². The van der Waals surface area contributed by atoms with E-state index in [4.69, 9.17) is 11.0 Å². The zero-order chi connectivity index (χ0) is 19.3. The molecule has 0 radical (unpaired) electrons. The number of fused-ring (bicyclic) bond motifs is 3. The van der Waals surface area contributed by atoms with Gasteiger partial charge in [-0.2, -0.15) is 0 Å². The lowest BCUT2D eigenvalue weighted by atomic mass is 9.93. The third kappa shape index (κ3) is 2.52. The molecule has 0 N–H and O–H groups in total. The molecule has 3 nitrogen and oxygen atoms in total. The second-order valence-corrected chi connectivity index (χ2v) is 7.52. The van der Waals surface area contributed by atoms with Crippen LogP contribution in [0.5, 0.6) is 0 Å². The summed E-state index contributed by atoms with van der Waals surface area (Å²) in [5.74, 6) is 0.358. The minimum Gasteiger partial charge on any atom is -0.466 e. The summed E-state index contributed by atoms with van der Waals surface area (Å²) in [5.41, 5.74) is 7.78. The minimum atomic E-state index is 0.358. The monoisotopic (exact) mass is 355 g/mol. The Labute approximate surface area is 159 Å². The highest BCUT2D eigenvalue weighted by Crippen LogP contribution is 2.43. The first-order valence-electron chi connectivity index (χ1n) is 9.25. The van der Waals surface area contributed by atoms with Crippen LogP contribution in [0.1, 0.15) is 36.5 Å². The van der Waals surface area contributed by atoms with Crippen LogP contribution in [-0.2, 0) is 7.05 Å². The van der Waals surface area contributed by atoms with Crippen LogP contribution >= 0.6 is 0 Å². The first-order valence-corrected chi connectivity index (χ1v) is 9.25. The van der Waals surface area contributed by atoms with Crippen LogP contribution in [0.25, 0.3) is 38.0 Å². The summed E-state index contributed by atoms with van der Waals surface area (Å²) in [6, 6.07) is 12.6. The number of aromatic nitrogens is 1. The first kappa shape index (κ1) is 17.3. The molecule has 0 aliphatic carbocycles. The van der Waals surface area contributed by atoms with Crippen molar-refractivity contribution in [2.24, 2.45) is 7.05 Å². The standard InChI is InChI=1S/C24H23N2O/c1-14(2)18-13-19-17-11-10-15(3)21(20-9-7-8-12-26(20)6)23(17)27-24(19)22(25-5)16(18)4/h7-14H,1-4,6H3/q+1. The quantitative estimate of drug-likeness (QED) is 0.302. The molecule has 0 aliphatic rings. The van der Waals surface area contributed by atoms with Gasteiger partial charge in [0.25, 0.3) is 0 Å². The van der Waals surface area contributed by atoms with E-state index in [9.17, 15) is 0 Å². The Morgan fingerprint density at radius 1 is 1.04 bits per heavy atom. The van der Waals surface area contributed by atoms with Crippen LogP contribution in [0.3, 0.4) is 0 Å². The molecule has 4 rings (SSSR count). The molecule has 0 atom stereocenters. The van der Waals surface area contributed by atoms with Gasteiger partial charge in [-0.05, 0) is 43.0 Å².